The molecule has 0 spiro atoms. The van der Waals surface area contributed by atoms with E-state index in [4.69, 9.17) is 17.3 Å². The molecule has 0 aliphatic rings. The summed E-state index contributed by atoms with van der Waals surface area (Å²) in [5.74, 6) is 5.40. The quantitative estimate of drug-likeness (QED) is 0.213. The molecule has 1 aromatic heterocycles. The van der Waals surface area contributed by atoms with Crippen molar-refractivity contribution in [1.29, 1.82) is 0 Å². The maximum absolute atomic E-state index is 5.45. The van der Waals surface area contributed by atoms with Crippen molar-refractivity contribution in [3.05, 3.63) is 17.5 Å². The molecule has 0 fully saturated rings. The molecule has 0 radical (unpaired) electrons. The molecule has 6 nitrogen and oxygen atoms in total. The lowest BCUT2D eigenvalue weighted by Gasteiger charge is -2.02. The molecule has 0 saturated carbocycles. The van der Waals surface area contributed by atoms with Gasteiger partial charge in [-0.25, -0.2) is 9.97 Å². The van der Waals surface area contributed by atoms with Crippen LogP contribution in [0.3, 0.4) is 0 Å². The van der Waals surface area contributed by atoms with Crippen LogP contribution in [0.5, 0.6) is 0 Å². The van der Waals surface area contributed by atoms with Gasteiger partial charge in [-0.3, -0.25) is 0 Å². The van der Waals surface area contributed by atoms with Gasteiger partial charge in [0.2, 0.25) is 5.95 Å². The number of hydrazone groups is 1. The summed E-state index contributed by atoms with van der Waals surface area (Å²) in [5, 5.41) is 3.32. The summed E-state index contributed by atoms with van der Waals surface area (Å²) in [6.07, 6.45) is 1.49. The second-order valence-electron chi connectivity index (χ2n) is 2.24. The van der Waals surface area contributed by atoms with Gasteiger partial charge in [-0.1, -0.05) is 0 Å². The van der Waals surface area contributed by atoms with Gasteiger partial charge in [0, 0.05) is 6.20 Å². The topological polar surface area (TPSA) is 116 Å². The highest BCUT2D eigenvalue weighted by Gasteiger charge is 2.04. The molecular weight excluding hydrogens is 156 g/mol. The van der Waals surface area contributed by atoms with E-state index in [0.717, 1.165) is 0 Å². The second-order valence-corrected chi connectivity index (χ2v) is 2.24. The Balaban J connectivity index is 3.18. The number of nitrogens with zero attached hydrogens (tertiary/aromatic N) is 3. The number of nitrogens with two attached hydrogens (primary N) is 3. The predicted octanol–water partition coefficient (Wildman–Crippen LogP) is -1.05. The number of amidine groups is 1. The summed E-state index contributed by atoms with van der Waals surface area (Å²) in [5.41, 5.74) is 12.0. The number of nitrogen functional groups attached to an aromatic ring is 1. The van der Waals surface area contributed by atoms with Crippen LogP contribution in [0.4, 0.5) is 5.95 Å². The largest absolute Gasteiger partial charge is 0.382 e. The second kappa shape index (κ2) is 3.04. The molecule has 0 atom stereocenters. The van der Waals surface area contributed by atoms with Gasteiger partial charge in [-0.15, -0.1) is 0 Å². The molecule has 64 valence electrons. The molecule has 1 heterocycles. The van der Waals surface area contributed by atoms with Crippen LogP contribution < -0.4 is 17.3 Å². The molecule has 1 rings (SSSR count). The van der Waals surface area contributed by atoms with Crippen LogP contribution in [0.1, 0.15) is 11.3 Å². The number of aryl methyl sites for hydroxylation is 1. The van der Waals surface area contributed by atoms with Gasteiger partial charge in [0.25, 0.3) is 0 Å². The minimum absolute atomic E-state index is 0.201. The Morgan fingerprint density at radius 3 is 2.75 bits per heavy atom. The summed E-state index contributed by atoms with van der Waals surface area (Å²) < 4.78 is 0. The van der Waals surface area contributed by atoms with Crippen LogP contribution in [0.2, 0.25) is 0 Å². The first kappa shape index (κ1) is 8.25. The number of hydrogen-bond donors (Lipinski definition) is 3. The van der Waals surface area contributed by atoms with E-state index in [1.807, 2.05) is 0 Å². The summed E-state index contributed by atoms with van der Waals surface area (Å²) in [6, 6.07) is 0. The maximum Gasteiger partial charge on any atom is 0.220 e. The summed E-state index contributed by atoms with van der Waals surface area (Å²) >= 11 is 0. The van der Waals surface area contributed by atoms with E-state index in [0.29, 0.717) is 11.3 Å². The van der Waals surface area contributed by atoms with Gasteiger partial charge in [0.1, 0.15) is 0 Å². The molecule has 0 unspecified atom stereocenters. The third-order valence-electron chi connectivity index (χ3n) is 1.41. The first-order chi connectivity index (χ1) is 5.65. The Kier molecular flexibility index (Phi) is 2.09. The average Bonchev–Trinajstić information content (AvgIpc) is 2.03. The third-order valence-corrected chi connectivity index (χ3v) is 1.41. The van der Waals surface area contributed by atoms with Crippen molar-refractivity contribution >= 4 is 11.8 Å². The van der Waals surface area contributed by atoms with E-state index in [1.165, 1.54) is 6.20 Å². The van der Waals surface area contributed by atoms with E-state index in [-0.39, 0.29) is 11.8 Å². The molecule has 0 amide bonds. The van der Waals surface area contributed by atoms with E-state index in [2.05, 4.69) is 15.1 Å². The molecule has 0 aliphatic heterocycles. The fourth-order valence-corrected chi connectivity index (χ4v) is 0.806. The molecule has 6 N–H and O–H groups in total. The van der Waals surface area contributed by atoms with Crippen molar-refractivity contribution in [2.24, 2.45) is 16.7 Å². The van der Waals surface area contributed by atoms with E-state index >= 15 is 0 Å². The minimum atomic E-state index is 0.201. The van der Waals surface area contributed by atoms with Crippen molar-refractivity contribution in [3.8, 4) is 0 Å². The van der Waals surface area contributed by atoms with Gasteiger partial charge in [-0.2, -0.15) is 5.10 Å². The zero-order valence-electron chi connectivity index (χ0n) is 6.65. The van der Waals surface area contributed by atoms with E-state index in [9.17, 15) is 0 Å². The first-order valence-electron chi connectivity index (χ1n) is 3.28. The smallest absolute Gasteiger partial charge is 0.220 e. The molecule has 0 aromatic carbocycles. The van der Waals surface area contributed by atoms with Crippen LogP contribution in [0.25, 0.3) is 0 Å². The molecule has 6 heteroatoms. The summed E-state index contributed by atoms with van der Waals surface area (Å²) in [4.78, 5) is 7.65. The Labute approximate surface area is 69.5 Å². The molecule has 0 saturated heterocycles. The maximum atomic E-state index is 5.45. The van der Waals surface area contributed by atoms with Gasteiger partial charge < -0.3 is 17.3 Å². The van der Waals surface area contributed by atoms with Crippen molar-refractivity contribution in [2.75, 3.05) is 5.73 Å². The van der Waals surface area contributed by atoms with Crippen LogP contribution in [0, 0.1) is 6.92 Å². The fraction of sp³-hybridized carbons (Fsp3) is 0.167. The van der Waals surface area contributed by atoms with Crippen LogP contribution >= 0.6 is 0 Å². The average molecular weight is 166 g/mol. The lowest BCUT2D eigenvalue weighted by molar-refractivity contribution is 1.10. The number of anilines is 1. The third kappa shape index (κ3) is 1.42. The van der Waals surface area contributed by atoms with Gasteiger partial charge in [0.15, 0.2) is 5.84 Å². The van der Waals surface area contributed by atoms with Crippen LogP contribution in [-0.4, -0.2) is 15.8 Å². The lowest BCUT2D eigenvalue weighted by Crippen LogP contribution is -2.18. The molecular formula is C6H10N6. The standard InChI is InChI=1S/C6H10N6/c1-3-4(5(7)12-9)2-10-6(8)11-3/h2H,9H2,1H3,(H2,7,12)(H2,8,10,11). The zero-order valence-corrected chi connectivity index (χ0v) is 6.65. The SMILES string of the molecule is Cc1nc(N)ncc1/C(N)=N/N. The fourth-order valence-electron chi connectivity index (χ4n) is 0.806. The highest BCUT2D eigenvalue weighted by Crippen LogP contribution is 2.03. The predicted molar refractivity (Wildman–Crippen MR) is 46.1 cm³/mol. The number of hydrogen-bond acceptors (Lipinski definition) is 5. The van der Waals surface area contributed by atoms with Crippen LogP contribution in [0.15, 0.2) is 11.3 Å². The van der Waals surface area contributed by atoms with Gasteiger partial charge >= 0.3 is 0 Å². The molecule has 1 aromatic rings. The Morgan fingerprint density at radius 1 is 1.58 bits per heavy atom. The highest BCUT2D eigenvalue weighted by atomic mass is 15.2. The normalized spacial score (nSPS) is 11.6. The Bertz CT molecular complexity index is 318. The number of aromatic nitrogens is 2. The molecule has 0 aliphatic carbocycles. The zero-order chi connectivity index (χ0) is 9.14. The van der Waals surface area contributed by atoms with Gasteiger partial charge in [0.05, 0.1) is 11.3 Å². The van der Waals surface area contributed by atoms with Crippen molar-refractivity contribution in [2.45, 2.75) is 6.92 Å². The Hall–Kier alpha value is -1.85. The Morgan fingerprint density at radius 2 is 2.25 bits per heavy atom. The summed E-state index contributed by atoms with van der Waals surface area (Å²) in [7, 11) is 0. The van der Waals surface area contributed by atoms with Crippen LogP contribution in [-0.2, 0) is 0 Å². The van der Waals surface area contributed by atoms with Crippen molar-refractivity contribution in [1.82, 2.24) is 9.97 Å². The number of rotatable bonds is 1. The van der Waals surface area contributed by atoms with Crippen molar-refractivity contribution < 1.29 is 0 Å². The van der Waals surface area contributed by atoms with Gasteiger partial charge in [-0.05, 0) is 6.92 Å². The highest BCUT2D eigenvalue weighted by molar-refractivity contribution is 5.97. The van der Waals surface area contributed by atoms with E-state index in [1.54, 1.807) is 6.92 Å². The molecule has 0 bridgehead atoms. The van der Waals surface area contributed by atoms with Crippen molar-refractivity contribution in [3.63, 3.8) is 0 Å². The van der Waals surface area contributed by atoms with E-state index < -0.39 is 0 Å². The monoisotopic (exact) mass is 166 g/mol. The molecule has 12 heavy (non-hydrogen) atoms. The first-order valence-corrected chi connectivity index (χ1v) is 3.28. The summed E-state index contributed by atoms with van der Waals surface area (Å²) in [6.45, 7) is 1.76. The lowest BCUT2D eigenvalue weighted by atomic mass is 10.2. The minimum Gasteiger partial charge on any atom is -0.382 e.